The Balaban J connectivity index is 1.98. The SMILES string of the molecule is Cc1csc(NC(=O)COc2ccccc2C(F)(F)F)n1. The highest BCUT2D eigenvalue weighted by molar-refractivity contribution is 7.13. The Hall–Kier alpha value is -2.09. The molecule has 1 aromatic heterocycles. The quantitative estimate of drug-likeness (QED) is 0.939. The molecule has 1 heterocycles. The smallest absolute Gasteiger partial charge is 0.419 e. The summed E-state index contributed by atoms with van der Waals surface area (Å²) < 4.78 is 43.1. The third kappa shape index (κ3) is 4.19. The van der Waals surface area contributed by atoms with Crippen molar-refractivity contribution in [1.82, 2.24) is 4.98 Å². The van der Waals surface area contributed by atoms with E-state index in [0.29, 0.717) is 5.13 Å². The number of aromatic nitrogens is 1. The first kappa shape index (κ1) is 15.3. The summed E-state index contributed by atoms with van der Waals surface area (Å²) in [5, 5.41) is 4.58. The summed E-state index contributed by atoms with van der Waals surface area (Å²) in [6.45, 7) is 1.24. The van der Waals surface area contributed by atoms with Crippen molar-refractivity contribution in [2.75, 3.05) is 11.9 Å². The number of carbonyl (C=O) groups excluding carboxylic acids is 1. The number of amides is 1. The van der Waals surface area contributed by atoms with Gasteiger partial charge >= 0.3 is 6.18 Å². The Kier molecular flexibility index (Phi) is 4.46. The number of alkyl halides is 3. The highest BCUT2D eigenvalue weighted by Crippen LogP contribution is 2.35. The van der Waals surface area contributed by atoms with Crippen LogP contribution in [-0.4, -0.2) is 17.5 Å². The lowest BCUT2D eigenvalue weighted by Crippen LogP contribution is -2.21. The Morgan fingerprint density at radius 3 is 2.71 bits per heavy atom. The van der Waals surface area contributed by atoms with Crippen LogP contribution in [0.4, 0.5) is 18.3 Å². The second kappa shape index (κ2) is 6.13. The minimum atomic E-state index is -4.53. The van der Waals surface area contributed by atoms with Crippen LogP contribution in [0.15, 0.2) is 29.6 Å². The third-order valence-corrected chi connectivity index (χ3v) is 3.29. The Morgan fingerprint density at radius 2 is 2.10 bits per heavy atom. The number of rotatable bonds is 4. The van der Waals surface area contributed by atoms with E-state index in [1.807, 2.05) is 0 Å². The van der Waals surface area contributed by atoms with Gasteiger partial charge in [-0.2, -0.15) is 13.2 Å². The van der Waals surface area contributed by atoms with Crippen molar-refractivity contribution >= 4 is 22.4 Å². The van der Waals surface area contributed by atoms with Crippen molar-refractivity contribution < 1.29 is 22.7 Å². The largest absolute Gasteiger partial charge is 0.483 e. The molecule has 1 amide bonds. The van der Waals surface area contributed by atoms with Gasteiger partial charge < -0.3 is 4.74 Å². The molecule has 0 saturated heterocycles. The molecular weight excluding hydrogens is 305 g/mol. The minimum Gasteiger partial charge on any atom is -0.483 e. The number of hydrogen-bond donors (Lipinski definition) is 1. The molecule has 0 aliphatic heterocycles. The van der Waals surface area contributed by atoms with Crippen LogP contribution in [0, 0.1) is 6.92 Å². The maximum atomic E-state index is 12.7. The molecule has 8 heteroatoms. The van der Waals surface area contributed by atoms with Gasteiger partial charge in [0.1, 0.15) is 5.75 Å². The lowest BCUT2D eigenvalue weighted by Gasteiger charge is -2.13. The summed E-state index contributed by atoms with van der Waals surface area (Å²) in [7, 11) is 0. The monoisotopic (exact) mass is 316 g/mol. The minimum absolute atomic E-state index is 0.379. The number of hydrogen-bond acceptors (Lipinski definition) is 4. The summed E-state index contributed by atoms with van der Waals surface area (Å²) in [6.07, 6.45) is -4.53. The lowest BCUT2D eigenvalue weighted by atomic mass is 10.2. The molecule has 0 saturated carbocycles. The number of aryl methyl sites for hydroxylation is 1. The number of ether oxygens (including phenoxy) is 1. The molecule has 2 rings (SSSR count). The molecular formula is C13H11F3N2O2S. The predicted molar refractivity (Wildman–Crippen MR) is 72.4 cm³/mol. The fourth-order valence-electron chi connectivity index (χ4n) is 1.54. The summed E-state index contributed by atoms with van der Waals surface area (Å²) in [4.78, 5) is 15.6. The van der Waals surface area contributed by atoms with E-state index in [9.17, 15) is 18.0 Å². The van der Waals surface area contributed by atoms with Gasteiger partial charge in [-0.15, -0.1) is 11.3 Å². The van der Waals surface area contributed by atoms with E-state index >= 15 is 0 Å². The average Bonchev–Trinajstić information content (AvgIpc) is 2.81. The van der Waals surface area contributed by atoms with Crippen molar-refractivity contribution in [2.45, 2.75) is 13.1 Å². The van der Waals surface area contributed by atoms with E-state index in [0.717, 1.165) is 11.8 Å². The van der Waals surface area contributed by atoms with Gasteiger partial charge in [0.2, 0.25) is 0 Å². The van der Waals surface area contributed by atoms with Crippen molar-refractivity contribution in [2.24, 2.45) is 0 Å². The maximum absolute atomic E-state index is 12.7. The Bertz CT molecular complexity index is 640. The van der Waals surface area contributed by atoms with Gasteiger partial charge in [-0.05, 0) is 19.1 Å². The molecule has 0 aliphatic carbocycles. The van der Waals surface area contributed by atoms with E-state index < -0.39 is 24.3 Å². The van der Waals surface area contributed by atoms with Crippen LogP contribution < -0.4 is 10.1 Å². The first-order valence-electron chi connectivity index (χ1n) is 5.87. The van der Waals surface area contributed by atoms with E-state index in [4.69, 9.17) is 4.74 Å². The number of para-hydroxylation sites is 1. The summed E-state index contributed by atoms with van der Waals surface area (Å²) >= 11 is 1.23. The molecule has 0 radical (unpaired) electrons. The third-order valence-electron chi connectivity index (χ3n) is 2.42. The van der Waals surface area contributed by atoms with Crippen LogP contribution in [0.25, 0.3) is 0 Å². The molecule has 2 aromatic rings. The second-order valence-corrected chi connectivity index (χ2v) is 4.98. The molecule has 0 fully saturated rings. The number of carbonyl (C=O) groups is 1. The molecule has 4 nitrogen and oxygen atoms in total. The molecule has 21 heavy (non-hydrogen) atoms. The molecule has 1 N–H and O–H groups in total. The Labute approximate surface area is 122 Å². The van der Waals surface area contributed by atoms with Crippen LogP contribution >= 0.6 is 11.3 Å². The van der Waals surface area contributed by atoms with Gasteiger partial charge in [-0.1, -0.05) is 12.1 Å². The van der Waals surface area contributed by atoms with Crippen molar-refractivity contribution in [1.29, 1.82) is 0 Å². The van der Waals surface area contributed by atoms with Gasteiger partial charge in [-0.25, -0.2) is 4.98 Å². The fourth-order valence-corrected chi connectivity index (χ4v) is 2.24. The molecule has 0 bridgehead atoms. The number of nitrogens with one attached hydrogen (secondary N) is 1. The second-order valence-electron chi connectivity index (χ2n) is 4.12. The highest BCUT2D eigenvalue weighted by atomic mass is 32.1. The molecule has 112 valence electrons. The van der Waals surface area contributed by atoms with Gasteiger partial charge in [-0.3, -0.25) is 10.1 Å². The molecule has 1 aromatic carbocycles. The van der Waals surface area contributed by atoms with E-state index in [1.165, 1.54) is 29.5 Å². The van der Waals surface area contributed by atoms with Crippen LogP contribution in [0.5, 0.6) is 5.75 Å². The van der Waals surface area contributed by atoms with Crippen molar-refractivity contribution in [3.63, 3.8) is 0 Å². The first-order valence-corrected chi connectivity index (χ1v) is 6.75. The van der Waals surface area contributed by atoms with Gasteiger partial charge in [0.05, 0.1) is 11.3 Å². The van der Waals surface area contributed by atoms with Gasteiger partial charge in [0, 0.05) is 5.38 Å². The van der Waals surface area contributed by atoms with Crippen LogP contribution in [0.3, 0.4) is 0 Å². The van der Waals surface area contributed by atoms with Gasteiger partial charge in [0.15, 0.2) is 11.7 Å². The Morgan fingerprint density at radius 1 is 1.38 bits per heavy atom. The van der Waals surface area contributed by atoms with Crippen molar-refractivity contribution in [3.05, 3.63) is 40.9 Å². The van der Waals surface area contributed by atoms with Crippen LogP contribution in [0.1, 0.15) is 11.3 Å². The molecule has 0 aliphatic rings. The van der Waals surface area contributed by atoms with Crippen LogP contribution in [0.2, 0.25) is 0 Å². The van der Waals surface area contributed by atoms with Gasteiger partial charge in [0.25, 0.3) is 5.91 Å². The first-order chi connectivity index (χ1) is 9.86. The summed E-state index contributed by atoms with van der Waals surface area (Å²) in [5.41, 5.74) is -0.165. The molecule has 0 unspecified atom stereocenters. The molecule has 0 atom stereocenters. The van der Waals surface area contributed by atoms with Crippen LogP contribution in [-0.2, 0) is 11.0 Å². The summed E-state index contributed by atoms with van der Waals surface area (Å²) in [5.74, 6) is -0.947. The zero-order valence-corrected chi connectivity index (χ0v) is 11.7. The van der Waals surface area contributed by atoms with Crippen molar-refractivity contribution in [3.8, 4) is 5.75 Å². The number of thiazole rings is 1. The number of nitrogens with zero attached hydrogens (tertiary/aromatic N) is 1. The number of halogens is 3. The average molecular weight is 316 g/mol. The fraction of sp³-hybridized carbons (Fsp3) is 0.231. The zero-order valence-electron chi connectivity index (χ0n) is 10.9. The standard InChI is InChI=1S/C13H11F3N2O2S/c1-8-7-21-12(17-8)18-11(19)6-20-10-5-3-2-4-9(10)13(14,15)16/h2-5,7H,6H2,1H3,(H,17,18,19). The summed E-state index contributed by atoms with van der Waals surface area (Å²) in [6, 6.07) is 4.74. The molecule has 0 spiro atoms. The normalized spacial score (nSPS) is 11.2. The van der Waals surface area contributed by atoms with E-state index in [-0.39, 0.29) is 5.75 Å². The number of benzene rings is 1. The zero-order chi connectivity index (χ0) is 15.5. The highest BCUT2D eigenvalue weighted by Gasteiger charge is 2.34. The predicted octanol–water partition coefficient (Wildman–Crippen LogP) is 3.49. The van der Waals surface area contributed by atoms with E-state index in [2.05, 4.69) is 10.3 Å². The van der Waals surface area contributed by atoms with E-state index in [1.54, 1.807) is 12.3 Å². The lowest BCUT2D eigenvalue weighted by molar-refractivity contribution is -0.139. The topological polar surface area (TPSA) is 51.2 Å². The maximum Gasteiger partial charge on any atom is 0.419 e. The number of anilines is 1.